The highest BCUT2D eigenvalue weighted by molar-refractivity contribution is 6.44. The quantitative estimate of drug-likeness (QED) is 0.242. The molecule has 1 N–H and O–H groups in total. The lowest BCUT2D eigenvalue weighted by Crippen LogP contribution is -2.13. The lowest BCUT2D eigenvalue weighted by atomic mass is 10.1. The lowest BCUT2D eigenvalue weighted by Gasteiger charge is -2.07. The van der Waals surface area contributed by atoms with Crippen molar-refractivity contribution in [1.82, 2.24) is 0 Å². The average molecular weight is 428 g/mol. The van der Waals surface area contributed by atoms with E-state index in [1.165, 1.54) is 18.2 Å². The molecule has 3 rings (SSSR count). The van der Waals surface area contributed by atoms with Crippen molar-refractivity contribution in [1.29, 1.82) is 5.26 Å². The highest BCUT2D eigenvalue weighted by atomic mass is 35.5. The summed E-state index contributed by atoms with van der Waals surface area (Å²) >= 11 is 12.0. The number of rotatable bonds is 5. The molecule has 1 heterocycles. The van der Waals surface area contributed by atoms with Gasteiger partial charge in [-0.3, -0.25) is 14.9 Å². The first-order valence-corrected chi connectivity index (χ1v) is 8.86. The molecule has 0 aliphatic rings. The van der Waals surface area contributed by atoms with Crippen LogP contribution in [0.1, 0.15) is 5.76 Å². The van der Waals surface area contributed by atoms with Crippen molar-refractivity contribution < 1.29 is 14.1 Å². The van der Waals surface area contributed by atoms with Crippen LogP contribution in [0.2, 0.25) is 10.0 Å². The van der Waals surface area contributed by atoms with Gasteiger partial charge in [0.25, 0.3) is 11.6 Å². The number of hydrogen-bond acceptors (Lipinski definition) is 5. The van der Waals surface area contributed by atoms with Gasteiger partial charge in [0.2, 0.25) is 0 Å². The number of nitro benzene ring substituents is 1. The van der Waals surface area contributed by atoms with E-state index in [9.17, 15) is 20.2 Å². The minimum absolute atomic E-state index is 0.0384. The predicted molar refractivity (Wildman–Crippen MR) is 109 cm³/mol. The van der Waals surface area contributed by atoms with Gasteiger partial charge in [-0.05, 0) is 36.4 Å². The summed E-state index contributed by atoms with van der Waals surface area (Å²) in [6.07, 6.45) is 1.28. The summed E-state index contributed by atoms with van der Waals surface area (Å²) in [5, 5.41) is 23.0. The number of nitrogens with zero attached hydrogens (tertiary/aromatic N) is 2. The van der Waals surface area contributed by atoms with E-state index in [0.29, 0.717) is 11.3 Å². The normalized spacial score (nSPS) is 11.0. The van der Waals surface area contributed by atoms with Crippen LogP contribution >= 0.6 is 23.2 Å². The highest BCUT2D eigenvalue weighted by Crippen LogP contribution is 2.30. The number of furan rings is 1. The summed E-state index contributed by atoms with van der Waals surface area (Å²) in [7, 11) is 0. The average Bonchev–Trinajstić information content (AvgIpc) is 3.18. The van der Waals surface area contributed by atoms with Gasteiger partial charge in [-0.1, -0.05) is 29.3 Å². The largest absolute Gasteiger partial charge is 0.457 e. The summed E-state index contributed by atoms with van der Waals surface area (Å²) in [6.45, 7) is 0. The minimum Gasteiger partial charge on any atom is -0.457 e. The number of nitrogens with one attached hydrogen (secondary N) is 1. The number of hydrogen-bond donors (Lipinski definition) is 1. The SMILES string of the molecule is N#C/C(=C\c1ccc(-c2ccc([N+](=O)[O-])cc2)o1)C(=O)Nc1cccc(Cl)c1Cl. The number of carbonyl (C=O) groups excluding carboxylic acids is 1. The van der Waals surface area contributed by atoms with E-state index in [1.54, 1.807) is 42.5 Å². The molecule has 0 spiro atoms. The van der Waals surface area contributed by atoms with Crippen molar-refractivity contribution in [3.05, 3.63) is 86.1 Å². The Kier molecular flexibility index (Phi) is 5.98. The summed E-state index contributed by atoms with van der Waals surface area (Å²) < 4.78 is 5.62. The Bertz CT molecular complexity index is 1160. The topological polar surface area (TPSA) is 109 Å². The van der Waals surface area contributed by atoms with E-state index in [2.05, 4.69) is 5.32 Å². The first-order valence-electron chi connectivity index (χ1n) is 8.11. The first-order chi connectivity index (χ1) is 13.9. The van der Waals surface area contributed by atoms with Crippen molar-refractivity contribution in [2.45, 2.75) is 0 Å². The molecular formula is C20H11Cl2N3O4. The predicted octanol–water partition coefficient (Wildman–Crippen LogP) is 5.71. The number of anilines is 1. The molecule has 3 aromatic rings. The fourth-order valence-electron chi connectivity index (χ4n) is 2.41. The van der Waals surface area contributed by atoms with E-state index < -0.39 is 10.8 Å². The number of nitriles is 1. The molecule has 9 heteroatoms. The molecule has 1 amide bonds. The zero-order valence-corrected chi connectivity index (χ0v) is 16.1. The van der Waals surface area contributed by atoms with Crippen molar-refractivity contribution in [2.24, 2.45) is 0 Å². The van der Waals surface area contributed by atoms with Crippen LogP contribution in [0.15, 0.2) is 64.6 Å². The number of non-ortho nitro benzene ring substituents is 1. The molecule has 29 heavy (non-hydrogen) atoms. The fraction of sp³-hybridized carbons (Fsp3) is 0. The number of halogens is 2. The molecule has 0 fully saturated rings. The van der Waals surface area contributed by atoms with Crippen LogP contribution in [0.5, 0.6) is 0 Å². The Hall–Kier alpha value is -3.60. The first kappa shape index (κ1) is 20.1. The molecule has 0 unspecified atom stereocenters. The Balaban J connectivity index is 1.81. The zero-order valence-electron chi connectivity index (χ0n) is 14.6. The smallest absolute Gasteiger partial charge is 0.269 e. The lowest BCUT2D eigenvalue weighted by molar-refractivity contribution is -0.384. The monoisotopic (exact) mass is 427 g/mol. The van der Waals surface area contributed by atoms with E-state index in [1.807, 2.05) is 6.07 Å². The summed E-state index contributed by atoms with van der Waals surface area (Å²) in [5.41, 5.74) is 0.648. The van der Waals surface area contributed by atoms with E-state index in [4.69, 9.17) is 27.6 Å². The van der Waals surface area contributed by atoms with Crippen LogP contribution in [0.25, 0.3) is 17.4 Å². The van der Waals surface area contributed by atoms with E-state index in [-0.39, 0.29) is 32.8 Å². The Morgan fingerprint density at radius 2 is 1.86 bits per heavy atom. The summed E-state index contributed by atoms with van der Waals surface area (Å²) in [5.74, 6) is 0.0222. The summed E-state index contributed by atoms with van der Waals surface area (Å²) in [6, 6.07) is 15.6. The molecular weight excluding hydrogens is 417 g/mol. The molecule has 0 saturated carbocycles. The maximum atomic E-state index is 12.4. The van der Waals surface area contributed by atoms with E-state index in [0.717, 1.165) is 0 Å². The molecule has 7 nitrogen and oxygen atoms in total. The van der Waals surface area contributed by atoms with E-state index >= 15 is 0 Å². The number of nitro groups is 1. The van der Waals surface area contributed by atoms with Gasteiger partial charge in [0, 0.05) is 23.8 Å². The van der Waals surface area contributed by atoms with Crippen molar-refractivity contribution in [3.63, 3.8) is 0 Å². The van der Waals surface area contributed by atoms with Crippen LogP contribution in [-0.2, 0) is 4.79 Å². The maximum Gasteiger partial charge on any atom is 0.269 e. The molecule has 1 aromatic heterocycles. The molecule has 144 valence electrons. The second-order valence-electron chi connectivity index (χ2n) is 5.73. The number of benzene rings is 2. The molecule has 0 aliphatic heterocycles. The number of amides is 1. The molecule has 2 aromatic carbocycles. The van der Waals surface area contributed by atoms with Crippen LogP contribution in [0.4, 0.5) is 11.4 Å². The third kappa shape index (κ3) is 4.63. The Morgan fingerprint density at radius 3 is 2.52 bits per heavy atom. The Morgan fingerprint density at radius 1 is 1.14 bits per heavy atom. The molecule has 0 aliphatic carbocycles. The van der Waals surface area contributed by atoms with Gasteiger partial charge in [-0.15, -0.1) is 0 Å². The summed E-state index contributed by atoms with van der Waals surface area (Å²) in [4.78, 5) is 22.6. The van der Waals surface area contributed by atoms with Gasteiger partial charge >= 0.3 is 0 Å². The minimum atomic E-state index is -0.676. The van der Waals surface area contributed by atoms with Crippen LogP contribution in [0, 0.1) is 21.4 Å². The van der Waals surface area contributed by atoms with Gasteiger partial charge < -0.3 is 9.73 Å². The van der Waals surface area contributed by atoms with Gasteiger partial charge in [-0.25, -0.2) is 0 Å². The van der Waals surface area contributed by atoms with Gasteiger partial charge in [0.15, 0.2) is 0 Å². The van der Waals surface area contributed by atoms with Crippen LogP contribution in [-0.4, -0.2) is 10.8 Å². The number of carbonyl (C=O) groups is 1. The van der Waals surface area contributed by atoms with Crippen molar-refractivity contribution >= 4 is 46.6 Å². The van der Waals surface area contributed by atoms with Gasteiger partial charge in [0.1, 0.15) is 23.2 Å². The van der Waals surface area contributed by atoms with Crippen molar-refractivity contribution in [2.75, 3.05) is 5.32 Å². The fourth-order valence-corrected chi connectivity index (χ4v) is 2.76. The third-order valence-electron chi connectivity index (χ3n) is 3.84. The van der Waals surface area contributed by atoms with Crippen LogP contribution in [0.3, 0.4) is 0 Å². The van der Waals surface area contributed by atoms with Gasteiger partial charge in [-0.2, -0.15) is 5.26 Å². The van der Waals surface area contributed by atoms with Crippen molar-refractivity contribution in [3.8, 4) is 17.4 Å². The second-order valence-corrected chi connectivity index (χ2v) is 6.52. The molecule has 0 radical (unpaired) electrons. The molecule has 0 bridgehead atoms. The van der Waals surface area contributed by atoms with Crippen LogP contribution < -0.4 is 5.32 Å². The Labute approximate surface area is 174 Å². The highest BCUT2D eigenvalue weighted by Gasteiger charge is 2.14. The second kappa shape index (κ2) is 8.61. The maximum absolute atomic E-state index is 12.4. The third-order valence-corrected chi connectivity index (χ3v) is 4.66. The zero-order chi connectivity index (χ0) is 21.0. The molecule has 0 saturated heterocycles. The molecule has 0 atom stereocenters. The van der Waals surface area contributed by atoms with Gasteiger partial charge in [0.05, 0.1) is 20.7 Å². The standard InChI is InChI=1S/C20H11Cl2N3O4/c21-16-2-1-3-17(19(16)22)24-20(26)13(11-23)10-15-8-9-18(29-15)12-4-6-14(7-5-12)25(27)28/h1-10H,(H,24,26)/b13-10+.